The number of aromatic nitrogens is 1. The summed E-state index contributed by atoms with van der Waals surface area (Å²) in [5, 5.41) is 11.7. The maximum atomic E-state index is 16.4. The number of carbonyl (C=O) groups is 2. The summed E-state index contributed by atoms with van der Waals surface area (Å²) in [7, 11) is 3.40. The topological polar surface area (TPSA) is 91.6 Å². The van der Waals surface area contributed by atoms with E-state index >= 15 is 8.78 Å². The zero-order valence-electron chi connectivity index (χ0n) is 28.6. The average Bonchev–Trinajstić information content (AvgIpc) is 2.95. The lowest BCUT2D eigenvalue weighted by Gasteiger charge is -2.27. The van der Waals surface area contributed by atoms with Crippen LogP contribution in [-0.2, 0) is 28.4 Å². The number of alkyl halides is 6. The molecule has 0 saturated heterocycles. The third-order valence-electron chi connectivity index (χ3n) is 8.20. The van der Waals surface area contributed by atoms with Gasteiger partial charge in [-0.3, -0.25) is 14.4 Å². The third kappa shape index (κ3) is 9.92. The van der Waals surface area contributed by atoms with Crippen molar-refractivity contribution in [2.45, 2.75) is 77.8 Å². The number of aryl methyl sites for hydroxylation is 3. The summed E-state index contributed by atoms with van der Waals surface area (Å²) in [6.07, 6.45) is -11.1. The number of carbonyl (C=O) groups excluding carboxylic acids is 1. The summed E-state index contributed by atoms with van der Waals surface area (Å²) < 4.78 is 131. The van der Waals surface area contributed by atoms with Crippen molar-refractivity contribution >= 4 is 11.9 Å². The van der Waals surface area contributed by atoms with E-state index in [9.17, 15) is 50.2 Å². The molecular formula is C35H38F9N3O4. The van der Waals surface area contributed by atoms with Gasteiger partial charge in [0.25, 0.3) is 5.56 Å². The lowest BCUT2D eigenvalue weighted by atomic mass is 9.89. The molecule has 0 aliphatic carbocycles. The van der Waals surface area contributed by atoms with Crippen LogP contribution in [0.5, 0.6) is 0 Å². The fourth-order valence-electron chi connectivity index (χ4n) is 6.03. The highest BCUT2D eigenvalue weighted by molar-refractivity contribution is 5.82. The largest absolute Gasteiger partial charge is 0.481 e. The molecule has 0 radical (unpaired) electrons. The maximum Gasteiger partial charge on any atom is 0.419 e. The van der Waals surface area contributed by atoms with E-state index in [1.165, 1.54) is 13.8 Å². The van der Waals surface area contributed by atoms with E-state index in [0.29, 0.717) is 17.2 Å². The van der Waals surface area contributed by atoms with E-state index in [2.05, 4.69) is 5.32 Å². The van der Waals surface area contributed by atoms with Crippen LogP contribution in [0.4, 0.5) is 39.5 Å². The van der Waals surface area contributed by atoms with Crippen molar-refractivity contribution in [2.75, 3.05) is 20.6 Å². The van der Waals surface area contributed by atoms with Gasteiger partial charge in [0.2, 0.25) is 5.91 Å². The van der Waals surface area contributed by atoms with E-state index in [0.717, 1.165) is 18.3 Å². The van der Waals surface area contributed by atoms with Crippen molar-refractivity contribution in [3.8, 4) is 11.1 Å². The second kappa shape index (κ2) is 15.9. The van der Waals surface area contributed by atoms with Gasteiger partial charge in [0.05, 0.1) is 23.6 Å². The third-order valence-corrected chi connectivity index (χ3v) is 8.20. The molecule has 0 aliphatic rings. The molecule has 0 fully saturated rings. The Labute approximate surface area is 288 Å². The van der Waals surface area contributed by atoms with Gasteiger partial charge < -0.3 is 19.9 Å². The molecule has 1 heterocycles. The monoisotopic (exact) mass is 735 g/mol. The Hall–Kier alpha value is -4.34. The number of pyridine rings is 1. The first kappa shape index (κ1) is 41.1. The number of halogens is 9. The predicted molar refractivity (Wildman–Crippen MR) is 170 cm³/mol. The van der Waals surface area contributed by atoms with Gasteiger partial charge in [-0.1, -0.05) is 13.8 Å². The summed E-state index contributed by atoms with van der Waals surface area (Å²) in [6, 6.07) is -1.70. The number of carboxylic acids is 1. The highest BCUT2D eigenvalue weighted by Crippen LogP contribution is 2.42. The molecule has 1 unspecified atom stereocenters. The Bertz CT molecular complexity index is 1810. The van der Waals surface area contributed by atoms with Crippen LogP contribution >= 0.6 is 0 Å². The Balaban J connectivity index is 2.27. The summed E-state index contributed by atoms with van der Waals surface area (Å²) in [5.74, 6) is -8.20. The molecule has 51 heavy (non-hydrogen) atoms. The Morgan fingerprint density at radius 2 is 1.47 bits per heavy atom. The average molecular weight is 736 g/mol. The van der Waals surface area contributed by atoms with Crippen molar-refractivity contribution in [2.24, 2.45) is 5.92 Å². The number of hydrogen-bond acceptors (Lipinski definition) is 4. The number of carboxylic acid groups (broad SMARTS) is 1. The first-order chi connectivity index (χ1) is 23.4. The summed E-state index contributed by atoms with van der Waals surface area (Å²) in [6.45, 7) is 6.09. The van der Waals surface area contributed by atoms with Crippen LogP contribution in [0.1, 0.15) is 78.6 Å². The van der Waals surface area contributed by atoms with Gasteiger partial charge in [-0.15, -0.1) is 0 Å². The molecule has 0 bridgehead atoms. The summed E-state index contributed by atoms with van der Waals surface area (Å²) >= 11 is 0. The second-order valence-corrected chi connectivity index (χ2v) is 13.1. The molecule has 16 heteroatoms. The highest BCUT2D eigenvalue weighted by Gasteiger charge is 2.41. The standard InChI is InChI=1S/C35H38F9N3O4/c1-17(2)10-26(47-16-20(8-7-9-46(5)6)23(14-27(47)48)34(39,40)41)33(51)45-25(15-28(49)50)30-31(37)22(13-24(32(30)38)35(42,43)44)29-18(3)11-21(36)12-19(29)4/h11-14,16-17,25-26H,7-10,15H2,1-6H3,(H,45,51)(H,49,50)/t25-,26?/m0/s1. The lowest BCUT2D eigenvalue weighted by Crippen LogP contribution is -2.41. The Kier molecular flexibility index (Phi) is 12.8. The van der Waals surface area contributed by atoms with Crippen molar-refractivity contribution in [3.05, 3.63) is 91.6 Å². The van der Waals surface area contributed by atoms with Gasteiger partial charge in [0.15, 0.2) is 0 Å². The van der Waals surface area contributed by atoms with Crippen LogP contribution < -0.4 is 10.9 Å². The molecule has 3 rings (SSSR count). The Morgan fingerprint density at radius 3 is 1.96 bits per heavy atom. The van der Waals surface area contributed by atoms with Crippen LogP contribution in [0.25, 0.3) is 11.1 Å². The van der Waals surface area contributed by atoms with Crippen molar-refractivity contribution in [1.82, 2.24) is 14.8 Å². The fraction of sp³-hybridized carbons (Fsp3) is 0.457. The van der Waals surface area contributed by atoms with Gasteiger partial charge in [-0.2, -0.15) is 26.3 Å². The van der Waals surface area contributed by atoms with Crippen LogP contribution in [-0.4, -0.2) is 47.1 Å². The smallest absolute Gasteiger partial charge is 0.419 e. The first-order valence-corrected chi connectivity index (χ1v) is 15.8. The molecule has 3 aromatic rings. The SMILES string of the molecule is Cc1cc(F)cc(C)c1-c1cc(C(F)(F)F)c(F)c([C@H](CC(=O)O)NC(=O)C(CC(C)C)n2cc(CCCN(C)C)c(C(F)(F)F)cc2=O)c1F. The van der Waals surface area contributed by atoms with Crippen molar-refractivity contribution in [1.29, 1.82) is 0 Å². The number of benzene rings is 2. The van der Waals surface area contributed by atoms with Crippen LogP contribution in [0.3, 0.4) is 0 Å². The fourth-order valence-corrected chi connectivity index (χ4v) is 6.03. The van der Waals surface area contributed by atoms with Crippen molar-refractivity contribution < 1.29 is 54.2 Å². The van der Waals surface area contributed by atoms with Crippen molar-refractivity contribution in [3.63, 3.8) is 0 Å². The van der Waals surface area contributed by atoms with E-state index in [1.54, 1.807) is 32.8 Å². The van der Waals surface area contributed by atoms with Gasteiger partial charge in [0, 0.05) is 23.4 Å². The number of nitrogens with one attached hydrogen (secondary N) is 1. The van der Waals surface area contributed by atoms with Gasteiger partial charge in [-0.05, 0) is 100 Å². The van der Waals surface area contributed by atoms with Gasteiger partial charge in [-0.25, -0.2) is 13.2 Å². The normalized spacial score (nSPS) is 13.5. The number of hydrogen-bond donors (Lipinski definition) is 2. The molecule has 1 amide bonds. The van der Waals surface area contributed by atoms with E-state index in [-0.39, 0.29) is 47.6 Å². The minimum absolute atomic E-state index is 0.0315. The number of rotatable bonds is 13. The van der Waals surface area contributed by atoms with E-state index in [4.69, 9.17) is 0 Å². The number of aliphatic carboxylic acids is 1. The molecule has 2 aromatic carbocycles. The van der Waals surface area contributed by atoms with Crippen LogP contribution in [0.15, 0.2) is 35.3 Å². The predicted octanol–water partition coefficient (Wildman–Crippen LogP) is 8.00. The number of amides is 1. The highest BCUT2D eigenvalue weighted by atomic mass is 19.4. The first-order valence-electron chi connectivity index (χ1n) is 15.8. The number of nitrogens with zero attached hydrogens (tertiary/aromatic N) is 2. The molecule has 280 valence electrons. The van der Waals surface area contributed by atoms with Crippen LogP contribution in [0, 0.1) is 37.2 Å². The van der Waals surface area contributed by atoms with Gasteiger partial charge in [0.1, 0.15) is 23.5 Å². The molecule has 7 nitrogen and oxygen atoms in total. The lowest BCUT2D eigenvalue weighted by molar-refractivity contribution is -0.140. The minimum atomic E-state index is -5.45. The zero-order chi connectivity index (χ0) is 38.7. The quantitative estimate of drug-likeness (QED) is 0.174. The molecule has 0 saturated carbocycles. The summed E-state index contributed by atoms with van der Waals surface area (Å²) in [4.78, 5) is 40.7. The summed E-state index contributed by atoms with van der Waals surface area (Å²) in [5.41, 5.74) is -7.45. The minimum Gasteiger partial charge on any atom is -0.481 e. The van der Waals surface area contributed by atoms with E-state index < -0.39 is 93.9 Å². The molecule has 0 aliphatic heterocycles. The molecule has 1 aromatic heterocycles. The molecule has 0 spiro atoms. The molecular weight excluding hydrogens is 697 g/mol. The molecule has 2 N–H and O–H groups in total. The molecule has 2 atom stereocenters. The van der Waals surface area contributed by atoms with Gasteiger partial charge >= 0.3 is 18.3 Å². The Morgan fingerprint density at radius 1 is 0.902 bits per heavy atom. The van der Waals surface area contributed by atoms with Crippen LogP contribution in [0.2, 0.25) is 0 Å². The maximum absolute atomic E-state index is 16.4. The zero-order valence-corrected chi connectivity index (χ0v) is 28.6. The van der Waals surface area contributed by atoms with E-state index in [1.807, 2.05) is 0 Å². The second-order valence-electron chi connectivity index (χ2n) is 13.1.